The average Bonchev–Trinajstić information content (AvgIpc) is 2.82. The lowest BCUT2D eigenvalue weighted by Gasteiger charge is -2.14. The number of anilines is 1. The van der Waals surface area contributed by atoms with E-state index in [1.54, 1.807) is 42.5 Å². The van der Waals surface area contributed by atoms with Gasteiger partial charge >= 0.3 is 0 Å². The summed E-state index contributed by atoms with van der Waals surface area (Å²) in [5.74, 6) is -0.0685. The Morgan fingerprint density at radius 1 is 1.03 bits per heavy atom. The van der Waals surface area contributed by atoms with Gasteiger partial charge in [0.25, 0.3) is 11.8 Å². The van der Waals surface area contributed by atoms with Crippen LogP contribution in [-0.4, -0.2) is 29.4 Å². The maximum atomic E-state index is 12.7. The molecule has 0 bridgehead atoms. The molecule has 10 heteroatoms. The van der Waals surface area contributed by atoms with E-state index in [0.717, 1.165) is 23.7 Å². The minimum absolute atomic E-state index is 0.0641. The molecule has 0 aromatic heterocycles. The van der Waals surface area contributed by atoms with Crippen molar-refractivity contribution in [2.24, 2.45) is 5.92 Å². The summed E-state index contributed by atoms with van der Waals surface area (Å²) in [5.41, 5.74) is 6.24. The van der Waals surface area contributed by atoms with Crippen LogP contribution in [0.5, 0.6) is 5.75 Å². The van der Waals surface area contributed by atoms with Crippen LogP contribution in [0.15, 0.2) is 46.9 Å². The fourth-order valence-corrected chi connectivity index (χ4v) is 3.37. The van der Waals surface area contributed by atoms with Gasteiger partial charge in [-0.25, -0.2) is 0 Å². The van der Waals surface area contributed by atoms with E-state index in [2.05, 4.69) is 51.3 Å². The van der Waals surface area contributed by atoms with E-state index in [1.807, 2.05) is 6.92 Å². The molecule has 2 aromatic carbocycles. The van der Waals surface area contributed by atoms with Crippen LogP contribution in [0.25, 0.3) is 0 Å². The number of carbonyl (C=O) groups excluding carboxylic acids is 3. The van der Waals surface area contributed by atoms with Crippen LogP contribution < -0.4 is 26.2 Å². The van der Waals surface area contributed by atoms with Gasteiger partial charge in [-0.1, -0.05) is 43.1 Å². The first-order valence-corrected chi connectivity index (χ1v) is 12.6. The third kappa shape index (κ3) is 10.0. The Hall–Kier alpha value is -2.98. The second-order valence-electron chi connectivity index (χ2n) is 8.26. The lowest BCUT2D eigenvalue weighted by atomic mass is 10.1. The zero-order valence-corrected chi connectivity index (χ0v) is 22.5. The molecule has 0 atom stereocenters. The first-order chi connectivity index (χ1) is 16.7. The number of benzene rings is 2. The molecule has 0 saturated heterocycles. The van der Waals surface area contributed by atoms with Crippen LogP contribution in [0.2, 0.25) is 0 Å². The van der Waals surface area contributed by atoms with E-state index >= 15 is 0 Å². The van der Waals surface area contributed by atoms with Crippen molar-refractivity contribution < 1.29 is 19.1 Å². The molecule has 0 aliphatic heterocycles. The third-order valence-corrected chi connectivity index (χ3v) is 5.54. The quantitative estimate of drug-likeness (QED) is 0.241. The SMILES string of the molecule is CCCCC(=O)Nc1ccc(C(=O)NNC(=S)NC(=O)c2cc(Br)ccc2OCCC(C)C)cc1. The summed E-state index contributed by atoms with van der Waals surface area (Å²) >= 11 is 8.50. The van der Waals surface area contributed by atoms with Gasteiger partial charge in [0, 0.05) is 22.1 Å². The summed E-state index contributed by atoms with van der Waals surface area (Å²) in [6.07, 6.45) is 3.08. The maximum Gasteiger partial charge on any atom is 0.269 e. The molecular formula is C25H31BrN4O4S. The molecule has 0 unspecified atom stereocenters. The summed E-state index contributed by atoms with van der Waals surface area (Å²) in [5, 5.41) is 5.25. The molecular weight excluding hydrogens is 532 g/mol. The largest absolute Gasteiger partial charge is 0.493 e. The number of ether oxygens (including phenoxy) is 1. The molecule has 0 radical (unpaired) electrons. The summed E-state index contributed by atoms with van der Waals surface area (Å²) < 4.78 is 6.49. The first-order valence-electron chi connectivity index (χ1n) is 11.4. The number of hydrazine groups is 1. The van der Waals surface area contributed by atoms with Gasteiger partial charge in [0.05, 0.1) is 12.2 Å². The predicted molar refractivity (Wildman–Crippen MR) is 144 cm³/mol. The highest BCUT2D eigenvalue weighted by molar-refractivity contribution is 9.10. The van der Waals surface area contributed by atoms with Crippen LogP contribution in [0, 0.1) is 5.92 Å². The molecule has 0 aliphatic rings. The van der Waals surface area contributed by atoms with Gasteiger partial charge in [0.1, 0.15) is 5.75 Å². The van der Waals surface area contributed by atoms with Crippen LogP contribution >= 0.6 is 28.1 Å². The lowest BCUT2D eigenvalue weighted by Crippen LogP contribution is -2.48. The lowest BCUT2D eigenvalue weighted by molar-refractivity contribution is -0.116. The van der Waals surface area contributed by atoms with E-state index in [1.165, 1.54) is 0 Å². The standard InChI is InChI=1S/C25H31BrN4O4S/c1-4-5-6-22(31)27-19-10-7-17(8-11-19)23(32)29-30-25(35)28-24(33)20-15-18(26)9-12-21(20)34-14-13-16(2)3/h7-12,15-16H,4-6,13-14H2,1-3H3,(H,27,31)(H,29,32)(H2,28,30,33,35). The second kappa shape index (κ2) is 14.4. The zero-order chi connectivity index (χ0) is 25.8. The Morgan fingerprint density at radius 3 is 2.40 bits per heavy atom. The van der Waals surface area contributed by atoms with Gasteiger partial charge < -0.3 is 10.1 Å². The maximum absolute atomic E-state index is 12.7. The Kier molecular flexibility index (Phi) is 11.6. The van der Waals surface area contributed by atoms with Crippen molar-refractivity contribution >= 4 is 56.7 Å². The van der Waals surface area contributed by atoms with E-state index in [4.69, 9.17) is 17.0 Å². The molecule has 0 aliphatic carbocycles. The summed E-state index contributed by atoms with van der Waals surface area (Å²) in [6.45, 7) is 6.70. The van der Waals surface area contributed by atoms with Gasteiger partial charge in [-0.05, 0) is 73.4 Å². The number of hydrogen-bond acceptors (Lipinski definition) is 5. The molecule has 35 heavy (non-hydrogen) atoms. The highest BCUT2D eigenvalue weighted by Gasteiger charge is 2.16. The van der Waals surface area contributed by atoms with Gasteiger partial charge in [0.2, 0.25) is 5.91 Å². The summed E-state index contributed by atoms with van der Waals surface area (Å²) in [7, 11) is 0. The molecule has 3 amide bonds. The van der Waals surface area contributed by atoms with E-state index in [-0.39, 0.29) is 11.0 Å². The molecule has 188 valence electrons. The van der Waals surface area contributed by atoms with Crippen molar-refractivity contribution in [3.05, 3.63) is 58.1 Å². The van der Waals surface area contributed by atoms with Crippen LogP contribution in [0.4, 0.5) is 5.69 Å². The van der Waals surface area contributed by atoms with Gasteiger partial charge in [-0.3, -0.25) is 30.6 Å². The molecule has 4 N–H and O–H groups in total. The minimum Gasteiger partial charge on any atom is -0.493 e. The number of nitrogens with one attached hydrogen (secondary N) is 4. The average molecular weight is 564 g/mol. The number of hydrogen-bond donors (Lipinski definition) is 4. The van der Waals surface area contributed by atoms with Crippen molar-refractivity contribution in [1.29, 1.82) is 0 Å². The molecule has 0 fully saturated rings. The highest BCUT2D eigenvalue weighted by atomic mass is 79.9. The smallest absolute Gasteiger partial charge is 0.269 e. The topological polar surface area (TPSA) is 109 Å². The Balaban J connectivity index is 1.88. The highest BCUT2D eigenvalue weighted by Crippen LogP contribution is 2.24. The Morgan fingerprint density at radius 2 is 1.74 bits per heavy atom. The van der Waals surface area contributed by atoms with E-state index in [0.29, 0.717) is 41.5 Å². The Labute approximate surface area is 219 Å². The van der Waals surface area contributed by atoms with E-state index in [9.17, 15) is 14.4 Å². The second-order valence-corrected chi connectivity index (χ2v) is 9.59. The molecule has 2 rings (SSSR count). The number of thiocarbonyl (C=S) groups is 1. The van der Waals surface area contributed by atoms with Crippen molar-refractivity contribution in [2.75, 3.05) is 11.9 Å². The number of rotatable bonds is 10. The van der Waals surface area contributed by atoms with Crippen LogP contribution in [-0.2, 0) is 4.79 Å². The van der Waals surface area contributed by atoms with E-state index < -0.39 is 11.8 Å². The number of carbonyl (C=O) groups is 3. The predicted octanol–water partition coefficient (Wildman–Crippen LogP) is 4.95. The molecule has 8 nitrogen and oxygen atoms in total. The van der Waals surface area contributed by atoms with Crippen molar-refractivity contribution in [2.45, 2.75) is 46.5 Å². The van der Waals surface area contributed by atoms with Crippen LogP contribution in [0.1, 0.15) is 67.2 Å². The first kappa shape index (κ1) is 28.3. The fraction of sp³-hybridized carbons (Fsp3) is 0.360. The zero-order valence-electron chi connectivity index (χ0n) is 20.1. The summed E-state index contributed by atoms with van der Waals surface area (Å²) in [4.78, 5) is 37.0. The number of unbranched alkanes of at least 4 members (excludes halogenated alkanes) is 1. The monoisotopic (exact) mass is 562 g/mol. The number of halogens is 1. The van der Waals surface area contributed by atoms with Gasteiger partial charge in [-0.2, -0.15) is 0 Å². The van der Waals surface area contributed by atoms with Crippen molar-refractivity contribution in [1.82, 2.24) is 16.2 Å². The molecule has 0 heterocycles. The van der Waals surface area contributed by atoms with Gasteiger partial charge in [-0.15, -0.1) is 0 Å². The van der Waals surface area contributed by atoms with Crippen LogP contribution in [0.3, 0.4) is 0 Å². The molecule has 0 saturated carbocycles. The molecule has 0 spiro atoms. The normalized spacial score (nSPS) is 10.4. The number of amides is 3. The molecule has 2 aromatic rings. The third-order valence-electron chi connectivity index (χ3n) is 4.84. The summed E-state index contributed by atoms with van der Waals surface area (Å²) in [6, 6.07) is 11.6. The van der Waals surface area contributed by atoms with Gasteiger partial charge in [0.15, 0.2) is 5.11 Å². The minimum atomic E-state index is -0.472. The van der Waals surface area contributed by atoms with Crippen molar-refractivity contribution in [3.8, 4) is 5.75 Å². The Bertz CT molecular complexity index is 1040. The van der Waals surface area contributed by atoms with Crippen molar-refractivity contribution in [3.63, 3.8) is 0 Å². The fourth-order valence-electron chi connectivity index (χ4n) is 2.86.